The van der Waals surface area contributed by atoms with Gasteiger partial charge in [-0.3, -0.25) is 9.36 Å². The van der Waals surface area contributed by atoms with Gasteiger partial charge in [0.1, 0.15) is 0 Å². The van der Waals surface area contributed by atoms with E-state index in [1.54, 1.807) is 13.0 Å². The summed E-state index contributed by atoms with van der Waals surface area (Å²) in [5.74, 6) is 0. The highest BCUT2D eigenvalue weighted by molar-refractivity contribution is 9.10. The van der Waals surface area contributed by atoms with Crippen LogP contribution in [0.4, 0.5) is 0 Å². The minimum atomic E-state index is -0.164. The average Bonchev–Trinajstić information content (AvgIpc) is 2.34. The van der Waals surface area contributed by atoms with Crippen LogP contribution in [0.15, 0.2) is 33.5 Å². The van der Waals surface area contributed by atoms with Gasteiger partial charge in [0.25, 0.3) is 11.6 Å². The lowest BCUT2D eigenvalue weighted by Gasteiger charge is -2.12. The largest absolute Gasteiger partial charge is 0.468 e. The molecule has 0 unspecified atom stereocenters. The van der Waals surface area contributed by atoms with Crippen molar-refractivity contribution in [1.29, 1.82) is 0 Å². The zero-order chi connectivity index (χ0) is 14.0. The zero-order valence-electron chi connectivity index (χ0n) is 10.5. The lowest BCUT2D eigenvalue weighted by Crippen LogP contribution is -2.23. The molecule has 0 amide bonds. The van der Waals surface area contributed by atoms with E-state index in [1.807, 2.05) is 12.1 Å². The number of methoxy groups -OCH3 is 1. The third-order valence-corrected chi connectivity index (χ3v) is 3.47. The molecule has 0 aliphatic carbocycles. The van der Waals surface area contributed by atoms with Crippen LogP contribution in [-0.2, 0) is 6.54 Å². The van der Waals surface area contributed by atoms with Crippen LogP contribution in [0.1, 0.15) is 11.3 Å². The molecule has 4 nitrogen and oxygen atoms in total. The smallest absolute Gasteiger partial charge is 0.299 e. The number of ether oxygens (including phenoxy) is 1. The molecule has 100 valence electrons. The van der Waals surface area contributed by atoms with E-state index in [2.05, 4.69) is 20.9 Å². The summed E-state index contributed by atoms with van der Waals surface area (Å²) in [7, 11) is 1.49. The molecule has 0 spiro atoms. The normalized spacial score (nSPS) is 10.5. The summed E-state index contributed by atoms with van der Waals surface area (Å²) in [4.78, 5) is 16.2. The molecule has 0 bridgehead atoms. The van der Waals surface area contributed by atoms with E-state index in [9.17, 15) is 4.79 Å². The highest BCUT2D eigenvalue weighted by atomic mass is 79.9. The van der Waals surface area contributed by atoms with Gasteiger partial charge in [-0.25, -0.2) is 4.98 Å². The first-order chi connectivity index (χ1) is 9.01. The van der Waals surface area contributed by atoms with Crippen LogP contribution < -0.4 is 10.3 Å². The maximum Gasteiger partial charge on any atom is 0.299 e. The Hall–Kier alpha value is -1.33. The predicted octanol–water partition coefficient (Wildman–Crippen LogP) is 3.02. The molecule has 2 rings (SSSR count). The Kier molecular flexibility index (Phi) is 4.27. The third-order valence-electron chi connectivity index (χ3n) is 2.63. The van der Waals surface area contributed by atoms with Crippen LogP contribution in [0.2, 0.25) is 5.02 Å². The van der Waals surface area contributed by atoms with Crippen LogP contribution in [-0.4, -0.2) is 16.7 Å². The second-order valence-electron chi connectivity index (χ2n) is 4.04. The van der Waals surface area contributed by atoms with Crippen LogP contribution in [0, 0.1) is 6.92 Å². The van der Waals surface area contributed by atoms with E-state index in [4.69, 9.17) is 16.3 Å². The molecule has 0 fully saturated rings. The highest BCUT2D eigenvalue weighted by Crippen LogP contribution is 2.22. The van der Waals surface area contributed by atoms with Crippen LogP contribution in [0.5, 0.6) is 6.01 Å². The summed E-state index contributed by atoms with van der Waals surface area (Å²) in [6.45, 7) is 2.07. The quantitative estimate of drug-likeness (QED) is 0.860. The molecule has 0 N–H and O–H groups in total. The Morgan fingerprint density at radius 1 is 1.42 bits per heavy atom. The van der Waals surface area contributed by atoms with Crippen molar-refractivity contribution in [3.63, 3.8) is 0 Å². The van der Waals surface area contributed by atoms with Gasteiger partial charge in [-0.2, -0.15) is 0 Å². The van der Waals surface area contributed by atoms with Crippen molar-refractivity contribution in [2.45, 2.75) is 13.5 Å². The van der Waals surface area contributed by atoms with Gasteiger partial charge in [-0.05, 0) is 24.6 Å². The van der Waals surface area contributed by atoms with E-state index in [1.165, 1.54) is 17.7 Å². The van der Waals surface area contributed by atoms with Gasteiger partial charge in [0.05, 0.1) is 13.7 Å². The van der Waals surface area contributed by atoms with Crippen molar-refractivity contribution < 1.29 is 4.74 Å². The molecule has 1 aromatic heterocycles. The Bertz CT molecular complexity index is 670. The molecular weight excluding hydrogens is 332 g/mol. The van der Waals surface area contributed by atoms with Crippen molar-refractivity contribution in [3.8, 4) is 6.01 Å². The number of hydrogen-bond donors (Lipinski definition) is 0. The van der Waals surface area contributed by atoms with Crippen molar-refractivity contribution in [2.75, 3.05) is 7.11 Å². The predicted molar refractivity (Wildman–Crippen MR) is 78.0 cm³/mol. The van der Waals surface area contributed by atoms with Crippen LogP contribution in [0.25, 0.3) is 0 Å². The minimum absolute atomic E-state index is 0.164. The number of hydrogen-bond acceptors (Lipinski definition) is 3. The van der Waals surface area contributed by atoms with Gasteiger partial charge in [0.2, 0.25) is 0 Å². The van der Waals surface area contributed by atoms with Gasteiger partial charge in [0.15, 0.2) is 0 Å². The monoisotopic (exact) mass is 342 g/mol. The van der Waals surface area contributed by atoms with E-state index < -0.39 is 0 Å². The Morgan fingerprint density at radius 2 is 2.16 bits per heavy atom. The number of nitrogens with zero attached hydrogens (tertiary/aromatic N) is 2. The topological polar surface area (TPSA) is 44.1 Å². The molecule has 2 aromatic rings. The molecule has 0 radical (unpaired) electrons. The zero-order valence-corrected chi connectivity index (χ0v) is 12.8. The fourth-order valence-corrected chi connectivity index (χ4v) is 2.45. The molecule has 1 heterocycles. The molecule has 0 saturated carbocycles. The van der Waals surface area contributed by atoms with Gasteiger partial charge < -0.3 is 4.74 Å². The van der Waals surface area contributed by atoms with E-state index in [0.29, 0.717) is 17.3 Å². The molecule has 0 saturated heterocycles. The van der Waals surface area contributed by atoms with Crippen molar-refractivity contribution in [3.05, 3.63) is 55.4 Å². The maximum atomic E-state index is 12.0. The summed E-state index contributed by atoms with van der Waals surface area (Å²) in [5.41, 5.74) is 1.29. The minimum Gasteiger partial charge on any atom is -0.468 e. The first kappa shape index (κ1) is 14.1. The summed E-state index contributed by atoms with van der Waals surface area (Å²) in [6, 6.07) is 7.27. The Morgan fingerprint density at radius 3 is 2.79 bits per heavy atom. The van der Waals surface area contributed by atoms with Gasteiger partial charge >= 0.3 is 0 Å². The van der Waals surface area contributed by atoms with E-state index in [-0.39, 0.29) is 11.6 Å². The first-order valence-corrected chi connectivity index (χ1v) is 6.75. The van der Waals surface area contributed by atoms with Gasteiger partial charge in [0, 0.05) is 21.3 Å². The SMILES string of the molecule is COc1nc(C)cc(=O)n1Cc1ccc(Br)cc1Cl. The van der Waals surface area contributed by atoms with Crippen molar-refractivity contribution >= 4 is 27.5 Å². The molecule has 6 heteroatoms. The molecular formula is C13H12BrClN2O2. The standard InChI is InChI=1S/C13H12BrClN2O2/c1-8-5-12(18)17(13(16-8)19-2)7-9-3-4-10(14)6-11(9)15/h3-6H,7H2,1-2H3. The Labute approximate surface area is 124 Å². The molecule has 0 aliphatic heterocycles. The fraction of sp³-hybridized carbons (Fsp3) is 0.231. The van der Waals surface area contributed by atoms with Crippen LogP contribution >= 0.6 is 27.5 Å². The fourth-order valence-electron chi connectivity index (χ4n) is 1.72. The van der Waals surface area contributed by atoms with Gasteiger partial charge in [-0.15, -0.1) is 0 Å². The summed E-state index contributed by atoms with van der Waals surface area (Å²) in [6.07, 6.45) is 0. The number of aromatic nitrogens is 2. The summed E-state index contributed by atoms with van der Waals surface area (Å²) >= 11 is 9.50. The third kappa shape index (κ3) is 3.16. The molecule has 0 atom stereocenters. The lowest BCUT2D eigenvalue weighted by atomic mass is 10.2. The van der Waals surface area contributed by atoms with Crippen molar-refractivity contribution in [2.24, 2.45) is 0 Å². The number of aryl methyl sites for hydroxylation is 1. The number of benzene rings is 1. The summed E-state index contributed by atoms with van der Waals surface area (Å²) in [5, 5.41) is 0.587. The molecule has 19 heavy (non-hydrogen) atoms. The average molecular weight is 344 g/mol. The number of halogens is 2. The van der Waals surface area contributed by atoms with E-state index in [0.717, 1.165) is 10.0 Å². The first-order valence-electron chi connectivity index (χ1n) is 5.57. The second-order valence-corrected chi connectivity index (χ2v) is 5.37. The van der Waals surface area contributed by atoms with Gasteiger partial charge in [-0.1, -0.05) is 33.6 Å². The molecule has 1 aromatic carbocycles. The van der Waals surface area contributed by atoms with E-state index >= 15 is 0 Å². The van der Waals surface area contributed by atoms with Crippen molar-refractivity contribution in [1.82, 2.24) is 9.55 Å². The molecule has 0 aliphatic rings. The maximum absolute atomic E-state index is 12.0. The Balaban J connectivity index is 2.46. The highest BCUT2D eigenvalue weighted by Gasteiger charge is 2.10. The lowest BCUT2D eigenvalue weighted by molar-refractivity contribution is 0.350. The number of rotatable bonds is 3. The van der Waals surface area contributed by atoms with Crippen LogP contribution in [0.3, 0.4) is 0 Å². The second kappa shape index (κ2) is 5.75. The summed E-state index contributed by atoms with van der Waals surface area (Å²) < 4.78 is 7.48.